The van der Waals surface area contributed by atoms with E-state index >= 15 is 0 Å². The Morgan fingerprint density at radius 1 is 1.20 bits per heavy atom. The standard InChI is InChI=1S/C8H3ClF2N2S2/c9-7-8(13-15-12-7)14-4-1-2-5(10)6(11)3-4/h1-3H. The Hall–Kier alpha value is -0.720. The normalized spacial score (nSPS) is 10.6. The molecule has 2 rings (SSSR count). The first-order valence-corrected chi connectivity index (χ1v) is 5.70. The van der Waals surface area contributed by atoms with Gasteiger partial charge in [0.1, 0.15) is 0 Å². The van der Waals surface area contributed by atoms with Crippen molar-refractivity contribution in [1.29, 1.82) is 0 Å². The summed E-state index contributed by atoms with van der Waals surface area (Å²) in [6.45, 7) is 0. The lowest BCUT2D eigenvalue weighted by Crippen LogP contribution is -1.83. The maximum atomic E-state index is 12.9. The quantitative estimate of drug-likeness (QED) is 0.829. The van der Waals surface area contributed by atoms with Gasteiger partial charge in [0.2, 0.25) is 0 Å². The molecule has 2 aromatic rings. The van der Waals surface area contributed by atoms with Crippen molar-refractivity contribution < 1.29 is 8.78 Å². The topological polar surface area (TPSA) is 25.8 Å². The fourth-order valence-corrected chi connectivity index (χ4v) is 2.50. The number of nitrogens with zero attached hydrogens (tertiary/aromatic N) is 2. The summed E-state index contributed by atoms with van der Waals surface area (Å²) >= 11 is 7.82. The van der Waals surface area contributed by atoms with Crippen LogP contribution >= 0.6 is 35.1 Å². The van der Waals surface area contributed by atoms with Gasteiger partial charge in [-0.2, -0.15) is 8.75 Å². The summed E-state index contributed by atoms with van der Waals surface area (Å²) in [5, 5.41) is 0.766. The second-order valence-electron chi connectivity index (χ2n) is 2.54. The van der Waals surface area contributed by atoms with Crippen LogP contribution in [-0.2, 0) is 0 Å². The molecule has 0 fully saturated rings. The molecule has 1 aromatic heterocycles. The molecule has 0 aliphatic rings. The number of benzene rings is 1. The van der Waals surface area contributed by atoms with Gasteiger partial charge in [-0.05, 0) is 18.2 Å². The van der Waals surface area contributed by atoms with E-state index in [1.54, 1.807) is 0 Å². The van der Waals surface area contributed by atoms with Crippen LogP contribution in [0.3, 0.4) is 0 Å². The highest BCUT2D eigenvalue weighted by Gasteiger charge is 2.09. The highest BCUT2D eigenvalue weighted by molar-refractivity contribution is 7.99. The smallest absolute Gasteiger partial charge is 0.177 e. The molecule has 1 heterocycles. The van der Waals surface area contributed by atoms with Gasteiger partial charge in [0, 0.05) is 4.90 Å². The third-order valence-corrected chi connectivity index (χ3v) is 3.61. The molecule has 0 unspecified atom stereocenters. The van der Waals surface area contributed by atoms with Crippen LogP contribution in [0, 0.1) is 11.6 Å². The van der Waals surface area contributed by atoms with E-state index < -0.39 is 11.6 Å². The van der Waals surface area contributed by atoms with Crippen molar-refractivity contribution in [3.8, 4) is 0 Å². The summed E-state index contributed by atoms with van der Waals surface area (Å²) in [6.07, 6.45) is 0. The minimum Gasteiger partial charge on any atom is -0.204 e. The zero-order valence-corrected chi connectivity index (χ0v) is 9.47. The van der Waals surface area contributed by atoms with Gasteiger partial charge in [0.05, 0.1) is 11.7 Å². The van der Waals surface area contributed by atoms with Crippen molar-refractivity contribution >= 4 is 35.1 Å². The second-order valence-corrected chi connectivity index (χ2v) is 4.49. The largest absolute Gasteiger partial charge is 0.204 e. The van der Waals surface area contributed by atoms with Crippen LogP contribution in [0.2, 0.25) is 5.15 Å². The first-order chi connectivity index (χ1) is 7.16. The predicted octanol–water partition coefficient (Wildman–Crippen LogP) is 3.62. The van der Waals surface area contributed by atoms with Crippen molar-refractivity contribution in [2.45, 2.75) is 9.92 Å². The summed E-state index contributed by atoms with van der Waals surface area (Å²) in [5.74, 6) is -1.76. The first kappa shape index (κ1) is 10.8. The van der Waals surface area contributed by atoms with E-state index in [4.69, 9.17) is 11.6 Å². The molecule has 0 bridgehead atoms. The molecule has 1 aromatic carbocycles. The minimum atomic E-state index is -0.890. The van der Waals surface area contributed by atoms with Crippen LogP contribution in [0.15, 0.2) is 28.1 Å². The molecule has 0 spiro atoms. The van der Waals surface area contributed by atoms with Gasteiger partial charge in [-0.1, -0.05) is 23.4 Å². The molecule has 0 amide bonds. The summed E-state index contributed by atoms with van der Waals surface area (Å²) in [4.78, 5) is 0.531. The Bertz CT molecular complexity index is 489. The number of aromatic nitrogens is 2. The second kappa shape index (κ2) is 4.42. The molecule has 0 aliphatic carbocycles. The maximum Gasteiger partial charge on any atom is 0.177 e. The Balaban J connectivity index is 2.25. The molecule has 0 radical (unpaired) electrons. The summed E-state index contributed by atoms with van der Waals surface area (Å²) < 4.78 is 33.1. The van der Waals surface area contributed by atoms with Crippen molar-refractivity contribution in [3.05, 3.63) is 35.0 Å². The highest BCUT2D eigenvalue weighted by atomic mass is 35.5. The van der Waals surface area contributed by atoms with Crippen LogP contribution in [0.4, 0.5) is 8.78 Å². The van der Waals surface area contributed by atoms with Crippen LogP contribution in [-0.4, -0.2) is 8.75 Å². The fraction of sp³-hybridized carbons (Fsp3) is 0. The summed E-state index contributed by atoms with van der Waals surface area (Å²) in [5.41, 5.74) is 0. The van der Waals surface area contributed by atoms with Gasteiger partial charge >= 0.3 is 0 Å². The Morgan fingerprint density at radius 3 is 2.60 bits per heavy atom. The Kier molecular flexibility index (Phi) is 3.18. The van der Waals surface area contributed by atoms with Gasteiger partial charge in [0.25, 0.3) is 0 Å². The van der Waals surface area contributed by atoms with E-state index in [9.17, 15) is 8.78 Å². The molecule has 0 saturated carbocycles. The van der Waals surface area contributed by atoms with Crippen LogP contribution in [0.5, 0.6) is 0 Å². The van der Waals surface area contributed by atoms with E-state index in [-0.39, 0.29) is 5.15 Å². The predicted molar refractivity (Wildman–Crippen MR) is 55.4 cm³/mol. The van der Waals surface area contributed by atoms with Crippen LogP contribution < -0.4 is 0 Å². The van der Waals surface area contributed by atoms with Gasteiger partial charge in [-0.15, -0.1) is 0 Å². The average Bonchev–Trinajstić information content (AvgIpc) is 2.59. The molecular formula is C8H3ClF2N2S2. The van der Waals surface area contributed by atoms with Gasteiger partial charge in [-0.25, -0.2) is 8.78 Å². The SMILES string of the molecule is Fc1ccc(Sc2nsnc2Cl)cc1F. The van der Waals surface area contributed by atoms with E-state index in [2.05, 4.69) is 8.75 Å². The number of rotatable bonds is 2. The van der Waals surface area contributed by atoms with Gasteiger partial charge < -0.3 is 0 Å². The van der Waals surface area contributed by atoms with Crippen LogP contribution in [0.1, 0.15) is 0 Å². The molecule has 2 nitrogen and oxygen atoms in total. The molecule has 0 saturated heterocycles. The Morgan fingerprint density at radius 2 is 2.00 bits per heavy atom. The lowest BCUT2D eigenvalue weighted by molar-refractivity contribution is 0.506. The number of hydrogen-bond donors (Lipinski definition) is 0. The van der Waals surface area contributed by atoms with E-state index in [0.29, 0.717) is 9.92 Å². The van der Waals surface area contributed by atoms with E-state index in [1.807, 2.05) is 0 Å². The minimum absolute atomic E-state index is 0.273. The lowest BCUT2D eigenvalue weighted by atomic mass is 10.3. The van der Waals surface area contributed by atoms with Crippen molar-refractivity contribution in [3.63, 3.8) is 0 Å². The third kappa shape index (κ3) is 2.45. The van der Waals surface area contributed by atoms with E-state index in [1.165, 1.54) is 6.07 Å². The monoisotopic (exact) mass is 264 g/mol. The third-order valence-electron chi connectivity index (χ3n) is 1.53. The zero-order valence-electron chi connectivity index (χ0n) is 7.08. The summed E-state index contributed by atoms with van der Waals surface area (Å²) in [7, 11) is 0. The molecule has 7 heteroatoms. The molecule has 78 valence electrons. The van der Waals surface area contributed by atoms with Gasteiger partial charge in [-0.3, -0.25) is 0 Å². The Labute approximate surface area is 97.6 Å². The highest BCUT2D eigenvalue weighted by Crippen LogP contribution is 2.31. The van der Waals surface area contributed by atoms with E-state index in [0.717, 1.165) is 35.6 Å². The lowest BCUT2D eigenvalue weighted by Gasteiger charge is -1.98. The van der Waals surface area contributed by atoms with Crippen molar-refractivity contribution in [1.82, 2.24) is 8.75 Å². The van der Waals surface area contributed by atoms with Crippen LogP contribution in [0.25, 0.3) is 0 Å². The number of halogens is 3. The number of hydrogen-bond acceptors (Lipinski definition) is 4. The fourth-order valence-electron chi connectivity index (χ4n) is 0.883. The van der Waals surface area contributed by atoms with Crippen molar-refractivity contribution in [2.24, 2.45) is 0 Å². The zero-order chi connectivity index (χ0) is 10.8. The molecule has 0 aliphatic heterocycles. The summed E-state index contributed by atoms with van der Waals surface area (Å²) in [6, 6.07) is 3.61. The van der Waals surface area contributed by atoms with Gasteiger partial charge in [0.15, 0.2) is 21.8 Å². The molecule has 0 atom stereocenters. The molecule has 15 heavy (non-hydrogen) atoms. The average molecular weight is 265 g/mol. The maximum absolute atomic E-state index is 12.9. The molecule has 0 N–H and O–H groups in total. The van der Waals surface area contributed by atoms with Crippen molar-refractivity contribution in [2.75, 3.05) is 0 Å². The first-order valence-electron chi connectivity index (χ1n) is 3.78. The molecular weight excluding hydrogens is 262 g/mol.